The van der Waals surface area contributed by atoms with Crippen LogP contribution in [-0.2, 0) is 12.4 Å². The molecule has 0 heterocycles. The Morgan fingerprint density at radius 3 is 1.81 bits per heavy atom. The first kappa shape index (κ1) is 26.3. The van der Waals surface area contributed by atoms with Gasteiger partial charge in [0, 0.05) is 0 Å². The molecule has 0 aromatic heterocycles. The van der Waals surface area contributed by atoms with Crippen molar-refractivity contribution < 1.29 is 35.9 Å². The summed E-state index contributed by atoms with van der Waals surface area (Å²) in [7, 11) is 0. The fraction of sp³-hybridized carbons (Fsp3) is 0.207. The van der Waals surface area contributed by atoms with E-state index in [4.69, 9.17) is 4.74 Å². The first-order valence-electron chi connectivity index (χ1n) is 11.3. The molecule has 4 aromatic rings. The van der Waals surface area contributed by atoms with E-state index in [-0.39, 0.29) is 16.5 Å². The summed E-state index contributed by atoms with van der Waals surface area (Å²) in [6.07, 6.45) is -9.89. The van der Waals surface area contributed by atoms with Gasteiger partial charge in [-0.15, -0.1) is 0 Å². The summed E-state index contributed by atoms with van der Waals surface area (Å²) in [4.78, 5) is 12.7. The number of esters is 1. The number of fused-ring (bicyclic) bond motifs is 1. The zero-order chi connectivity index (χ0) is 27.3. The highest BCUT2D eigenvalue weighted by molar-refractivity contribution is 5.94. The van der Waals surface area contributed by atoms with E-state index >= 15 is 0 Å². The van der Waals surface area contributed by atoms with Gasteiger partial charge in [-0.05, 0) is 90.6 Å². The third kappa shape index (κ3) is 5.19. The van der Waals surface area contributed by atoms with Crippen molar-refractivity contribution in [3.8, 4) is 16.9 Å². The largest absolute Gasteiger partial charge is 0.423 e. The maximum atomic E-state index is 13.7. The van der Waals surface area contributed by atoms with Crippen molar-refractivity contribution in [3.63, 3.8) is 0 Å². The summed E-state index contributed by atoms with van der Waals surface area (Å²) in [6, 6.07) is 14.6. The number of benzene rings is 4. The summed E-state index contributed by atoms with van der Waals surface area (Å²) in [6.45, 7) is 6.39. The number of hydrogen-bond acceptors (Lipinski definition) is 2. The molecule has 4 aromatic carbocycles. The second kappa shape index (κ2) is 9.25. The molecule has 0 aliphatic heterocycles. The highest BCUT2D eigenvalue weighted by Gasteiger charge is 2.41. The van der Waals surface area contributed by atoms with Gasteiger partial charge < -0.3 is 4.74 Å². The molecule has 0 saturated heterocycles. The molecular weight excluding hydrogens is 494 g/mol. The molecule has 37 heavy (non-hydrogen) atoms. The van der Waals surface area contributed by atoms with E-state index in [0.717, 1.165) is 29.7 Å². The van der Waals surface area contributed by atoms with E-state index in [2.05, 4.69) is 0 Å². The Morgan fingerprint density at radius 1 is 0.703 bits per heavy atom. The summed E-state index contributed by atoms with van der Waals surface area (Å²) in [5.41, 5.74) is 0.509. The van der Waals surface area contributed by atoms with Gasteiger partial charge in [0.1, 0.15) is 5.75 Å². The SMILES string of the molecule is Cc1cc(C)c(C(=O)Oc2ccc(-c3ccc4c(C(F)(F)F)c(C)c(C(F)(F)F)cc4c3)cc2)c(C)c1. The van der Waals surface area contributed by atoms with Crippen LogP contribution in [0, 0.1) is 27.7 Å². The lowest BCUT2D eigenvalue weighted by Crippen LogP contribution is -2.15. The second-order valence-corrected chi connectivity index (χ2v) is 9.04. The maximum Gasteiger partial charge on any atom is 0.417 e. The van der Waals surface area contributed by atoms with E-state index in [9.17, 15) is 31.1 Å². The topological polar surface area (TPSA) is 26.3 Å². The number of halogens is 6. The number of carbonyl (C=O) groups excluding carboxylic acids is 1. The molecule has 0 aliphatic carbocycles. The van der Waals surface area contributed by atoms with Gasteiger partial charge in [0.2, 0.25) is 0 Å². The first-order valence-corrected chi connectivity index (χ1v) is 11.3. The van der Waals surface area contributed by atoms with Crippen molar-refractivity contribution in [3.05, 3.63) is 99.6 Å². The molecule has 0 spiro atoms. The molecule has 0 aliphatic rings. The highest BCUT2D eigenvalue weighted by Crippen LogP contribution is 2.44. The zero-order valence-electron chi connectivity index (χ0n) is 20.4. The number of aryl methyl sites for hydroxylation is 3. The average molecular weight is 516 g/mol. The third-order valence-electron chi connectivity index (χ3n) is 6.27. The molecule has 0 fully saturated rings. The van der Waals surface area contributed by atoms with Gasteiger partial charge in [0.15, 0.2) is 0 Å². The number of ether oxygens (including phenoxy) is 1. The fourth-order valence-corrected chi connectivity index (χ4v) is 4.73. The molecular formula is C29H22F6O2. The molecule has 2 nitrogen and oxygen atoms in total. The van der Waals surface area contributed by atoms with Gasteiger partial charge in [-0.1, -0.05) is 42.0 Å². The van der Waals surface area contributed by atoms with Crippen LogP contribution < -0.4 is 4.74 Å². The molecule has 4 rings (SSSR count). The van der Waals surface area contributed by atoms with Crippen molar-refractivity contribution in [1.29, 1.82) is 0 Å². The lowest BCUT2D eigenvalue weighted by molar-refractivity contribution is -0.143. The van der Waals surface area contributed by atoms with Crippen molar-refractivity contribution in [2.75, 3.05) is 0 Å². The Morgan fingerprint density at radius 2 is 1.27 bits per heavy atom. The molecule has 0 saturated carbocycles. The van der Waals surface area contributed by atoms with E-state index in [0.29, 0.717) is 16.7 Å². The molecule has 0 amide bonds. The summed E-state index contributed by atoms with van der Waals surface area (Å²) in [5, 5.41) is -0.486. The van der Waals surface area contributed by atoms with Gasteiger partial charge in [-0.2, -0.15) is 26.3 Å². The number of hydrogen-bond donors (Lipinski definition) is 0. The monoisotopic (exact) mass is 516 g/mol. The number of carbonyl (C=O) groups is 1. The first-order chi connectivity index (χ1) is 17.2. The molecule has 0 bridgehead atoms. The van der Waals surface area contributed by atoms with Crippen LogP contribution in [0.25, 0.3) is 21.9 Å². The van der Waals surface area contributed by atoms with Crippen LogP contribution in [0.3, 0.4) is 0 Å². The van der Waals surface area contributed by atoms with Crippen molar-refractivity contribution in [2.45, 2.75) is 40.0 Å². The molecule has 0 atom stereocenters. The smallest absolute Gasteiger partial charge is 0.417 e. The molecule has 0 radical (unpaired) electrons. The molecule has 192 valence electrons. The van der Waals surface area contributed by atoms with Gasteiger partial charge in [-0.3, -0.25) is 0 Å². The molecule has 0 unspecified atom stereocenters. The van der Waals surface area contributed by atoms with Crippen molar-refractivity contribution in [2.24, 2.45) is 0 Å². The number of alkyl halides is 6. The van der Waals surface area contributed by atoms with Gasteiger partial charge in [0.25, 0.3) is 0 Å². The minimum Gasteiger partial charge on any atom is -0.423 e. The Kier molecular flexibility index (Phi) is 6.56. The lowest BCUT2D eigenvalue weighted by atomic mass is 9.92. The quantitative estimate of drug-likeness (QED) is 0.154. The van der Waals surface area contributed by atoms with Gasteiger partial charge in [-0.25, -0.2) is 4.79 Å². The van der Waals surface area contributed by atoms with Crippen LogP contribution in [0.15, 0.2) is 60.7 Å². The fourth-order valence-electron chi connectivity index (χ4n) is 4.73. The number of rotatable bonds is 3. The second-order valence-electron chi connectivity index (χ2n) is 9.04. The van der Waals surface area contributed by atoms with E-state index < -0.39 is 35.0 Å². The van der Waals surface area contributed by atoms with Crippen LogP contribution in [0.4, 0.5) is 26.3 Å². The molecule has 8 heteroatoms. The maximum absolute atomic E-state index is 13.7. The minimum absolute atomic E-state index is 0.177. The summed E-state index contributed by atoms with van der Waals surface area (Å²) < 4.78 is 87.1. The van der Waals surface area contributed by atoms with Crippen molar-refractivity contribution >= 4 is 16.7 Å². The van der Waals surface area contributed by atoms with Crippen LogP contribution in [0.2, 0.25) is 0 Å². The lowest BCUT2D eigenvalue weighted by Gasteiger charge is -2.19. The summed E-state index contributed by atoms with van der Waals surface area (Å²) >= 11 is 0. The Balaban J connectivity index is 1.69. The van der Waals surface area contributed by atoms with Crippen LogP contribution in [0.1, 0.15) is 43.7 Å². The van der Waals surface area contributed by atoms with E-state index in [1.807, 2.05) is 32.9 Å². The van der Waals surface area contributed by atoms with Gasteiger partial charge >= 0.3 is 18.3 Å². The van der Waals surface area contributed by atoms with Crippen LogP contribution in [-0.4, -0.2) is 5.97 Å². The zero-order valence-corrected chi connectivity index (χ0v) is 20.4. The van der Waals surface area contributed by atoms with Crippen LogP contribution in [0.5, 0.6) is 5.75 Å². The molecule has 0 N–H and O–H groups in total. The Labute approximate surface area is 209 Å². The van der Waals surface area contributed by atoms with E-state index in [1.165, 1.54) is 30.3 Å². The van der Waals surface area contributed by atoms with Gasteiger partial charge in [0.05, 0.1) is 16.7 Å². The Bertz CT molecular complexity index is 1490. The summed E-state index contributed by atoms with van der Waals surface area (Å²) in [5.74, 6) is -0.272. The standard InChI is InChI=1S/C29H22F6O2/c1-15-11-16(2)25(17(3)12-15)27(36)37-22-8-5-19(6-9-22)20-7-10-23-21(13-20)14-24(28(30,31)32)18(4)26(23)29(33,34)35/h5-14H,1-4H3. The van der Waals surface area contributed by atoms with Crippen molar-refractivity contribution in [1.82, 2.24) is 0 Å². The van der Waals surface area contributed by atoms with E-state index in [1.54, 1.807) is 12.1 Å². The third-order valence-corrected chi connectivity index (χ3v) is 6.27. The minimum atomic E-state index is -4.95. The Hall–Kier alpha value is -3.81. The highest BCUT2D eigenvalue weighted by atomic mass is 19.4. The average Bonchev–Trinajstić information content (AvgIpc) is 2.76. The predicted octanol–water partition coefficient (Wildman–Crippen LogP) is 9.00. The predicted molar refractivity (Wildman–Crippen MR) is 130 cm³/mol. The van der Waals surface area contributed by atoms with Crippen LogP contribution >= 0.6 is 0 Å². The normalized spacial score (nSPS) is 12.2.